The van der Waals surface area contributed by atoms with E-state index in [9.17, 15) is 14.4 Å². The molecule has 0 saturated carbocycles. The minimum absolute atomic E-state index is 0.0114. The molecule has 0 fully saturated rings. The number of aromatic nitrogens is 1. The molecule has 6 atom stereocenters. The van der Waals surface area contributed by atoms with Crippen molar-refractivity contribution in [1.29, 1.82) is 0 Å². The van der Waals surface area contributed by atoms with E-state index in [1.165, 1.54) is 13.8 Å². The quantitative estimate of drug-likeness (QED) is 0.0613. The van der Waals surface area contributed by atoms with E-state index in [1.54, 1.807) is 25.5 Å². The molecule has 0 amide bonds. The van der Waals surface area contributed by atoms with Crippen molar-refractivity contribution in [1.82, 2.24) is 4.98 Å². The summed E-state index contributed by atoms with van der Waals surface area (Å²) in [5, 5.41) is -0.0114. The number of carbonyl (C=O) groups is 3. The lowest BCUT2D eigenvalue weighted by Crippen LogP contribution is -2.48. The number of methoxy groups -OCH3 is 1. The first-order valence-corrected chi connectivity index (χ1v) is 23.5. The molecule has 0 spiro atoms. The first-order chi connectivity index (χ1) is 27.3. The fraction of sp³-hybridized carbons (Fsp3) is 0.565. The van der Waals surface area contributed by atoms with Gasteiger partial charge >= 0.3 is 17.9 Å². The Labute approximate surface area is 346 Å². The third-order valence-electron chi connectivity index (χ3n) is 11.5. The molecule has 58 heavy (non-hydrogen) atoms. The van der Waals surface area contributed by atoms with Crippen LogP contribution >= 0.6 is 0 Å². The second-order valence-electron chi connectivity index (χ2n) is 17.1. The van der Waals surface area contributed by atoms with Gasteiger partial charge in [-0.2, -0.15) is 0 Å². The fourth-order valence-corrected chi connectivity index (χ4v) is 8.25. The third kappa shape index (κ3) is 12.9. The molecular weight excluding hydrogens is 755 g/mol. The number of cyclic esters (lactones) is 1. The van der Waals surface area contributed by atoms with E-state index in [1.807, 2.05) is 36.4 Å². The number of nitrogens with zero attached hydrogens (tertiary/aromatic N) is 1. The SMILES string of the molecule is CC[C@H](C)Cc1ccc2c(c1OC(C)=O)C(=O)O[C@H](C[C@H](/C=C/c1coc(C[C@H](O[Si](C)(C)C(C)(C)C)[C@H](C)[C@@H](CC)OCc3ccc(OC)cc3)n1)OC(C)=O)C2. The molecule has 0 saturated heterocycles. The van der Waals surface area contributed by atoms with Crippen molar-refractivity contribution in [2.45, 2.75) is 150 Å². The lowest BCUT2D eigenvalue weighted by molar-refractivity contribution is -0.145. The van der Waals surface area contributed by atoms with Gasteiger partial charge in [0, 0.05) is 39.0 Å². The summed E-state index contributed by atoms with van der Waals surface area (Å²) < 4.78 is 42.0. The summed E-state index contributed by atoms with van der Waals surface area (Å²) in [5.41, 5.74) is 3.41. The summed E-state index contributed by atoms with van der Waals surface area (Å²) in [7, 11) is -0.555. The minimum atomic E-state index is -2.21. The van der Waals surface area contributed by atoms with Crippen LogP contribution < -0.4 is 9.47 Å². The van der Waals surface area contributed by atoms with Crippen LogP contribution in [0.2, 0.25) is 18.1 Å². The number of rotatable bonds is 20. The maximum absolute atomic E-state index is 13.5. The number of hydrogen-bond donors (Lipinski definition) is 0. The normalized spacial score (nSPS) is 17.2. The van der Waals surface area contributed by atoms with Crippen molar-refractivity contribution in [2.24, 2.45) is 11.8 Å². The van der Waals surface area contributed by atoms with Gasteiger partial charge in [0.1, 0.15) is 41.2 Å². The molecule has 11 nitrogen and oxygen atoms in total. The van der Waals surface area contributed by atoms with Gasteiger partial charge in [-0.15, -0.1) is 0 Å². The predicted molar refractivity (Wildman–Crippen MR) is 226 cm³/mol. The van der Waals surface area contributed by atoms with Crippen LogP contribution in [-0.2, 0) is 54.1 Å². The van der Waals surface area contributed by atoms with Crippen molar-refractivity contribution in [3.8, 4) is 11.5 Å². The van der Waals surface area contributed by atoms with Crippen molar-refractivity contribution in [3.63, 3.8) is 0 Å². The first kappa shape index (κ1) is 46.4. The Hall–Kier alpha value is -4.26. The van der Waals surface area contributed by atoms with Gasteiger partial charge < -0.3 is 32.5 Å². The topological polar surface area (TPSA) is 133 Å². The average Bonchev–Trinajstić information content (AvgIpc) is 3.60. The third-order valence-corrected chi connectivity index (χ3v) is 16.0. The second kappa shape index (κ2) is 20.6. The Morgan fingerprint density at radius 2 is 1.69 bits per heavy atom. The van der Waals surface area contributed by atoms with Gasteiger partial charge in [-0.05, 0) is 77.9 Å². The first-order valence-electron chi connectivity index (χ1n) is 20.6. The van der Waals surface area contributed by atoms with Crippen LogP contribution in [0.5, 0.6) is 11.5 Å². The van der Waals surface area contributed by atoms with Crippen molar-refractivity contribution in [3.05, 3.63) is 82.6 Å². The highest BCUT2D eigenvalue weighted by Crippen LogP contribution is 2.40. The molecule has 3 aromatic rings. The standard InChI is InChI=1S/C46H65NO10Si/c1-13-29(3)23-35-18-17-34-24-39(56-45(50)43(34)44(35)55-32(6)49)25-38(54-31(5)48)22-19-36-28-53-42(47-36)26-41(57-58(11,12)46(7,8)9)30(4)40(14-2)52-27-33-15-20-37(51-10)21-16-33/h15-22,28-30,38-41H,13-14,23-27H2,1-12H3/b22-19+/t29-,30+,38-,39-,40+,41-/m0/s1. The Morgan fingerprint density at radius 3 is 2.29 bits per heavy atom. The summed E-state index contributed by atoms with van der Waals surface area (Å²) in [6.45, 7) is 22.8. The highest BCUT2D eigenvalue weighted by atomic mass is 28.4. The summed E-state index contributed by atoms with van der Waals surface area (Å²) >= 11 is 0. The van der Waals surface area contributed by atoms with Gasteiger partial charge in [-0.25, -0.2) is 9.78 Å². The molecule has 4 rings (SSSR count). The van der Waals surface area contributed by atoms with E-state index < -0.39 is 38.4 Å². The van der Waals surface area contributed by atoms with Crippen LogP contribution in [0.25, 0.3) is 6.08 Å². The zero-order chi connectivity index (χ0) is 42.8. The van der Waals surface area contributed by atoms with Crippen LogP contribution in [-0.4, -0.2) is 62.7 Å². The summed E-state index contributed by atoms with van der Waals surface area (Å²) in [6, 6.07) is 11.7. The van der Waals surface area contributed by atoms with Crippen LogP contribution in [0, 0.1) is 11.8 Å². The monoisotopic (exact) mass is 819 g/mol. The molecule has 0 unspecified atom stereocenters. The van der Waals surface area contributed by atoms with Gasteiger partial charge in [-0.1, -0.05) is 79.2 Å². The molecule has 1 aliphatic rings. The number of oxazole rings is 1. The molecule has 1 aromatic heterocycles. The lowest BCUT2D eigenvalue weighted by Gasteiger charge is -2.42. The predicted octanol–water partition coefficient (Wildman–Crippen LogP) is 9.88. The molecule has 2 aromatic carbocycles. The lowest BCUT2D eigenvalue weighted by atomic mass is 9.90. The maximum Gasteiger partial charge on any atom is 0.342 e. The summed E-state index contributed by atoms with van der Waals surface area (Å²) in [4.78, 5) is 42.5. The van der Waals surface area contributed by atoms with E-state index in [-0.39, 0.29) is 40.9 Å². The molecule has 0 radical (unpaired) electrons. The average molecular weight is 820 g/mol. The molecule has 0 bridgehead atoms. The zero-order valence-corrected chi connectivity index (χ0v) is 37.6. The fourth-order valence-electron chi connectivity index (χ4n) is 6.84. The number of ether oxygens (including phenoxy) is 5. The van der Waals surface area contributed by atoms with Crippen LogP contribution in [0.4, 0.5) is 0 Å². The Kier molecular flexibility index (Phi) is 16.5. The number of carbonyl (C=O) groups excluding carboxylic acids is 3. The Bertz CT molecular complexity index is 1860. The number of benzene rings is 2. The van der Waals surface area contributed by atoms with E-state index in [2.05, 4.69) is 61.6 Å². The van der Waals surface area contributed by atoms with Crippen molar-refractivity contribution in [2.75, 3.05) is 7.11 Å². The second-order valence-corrected chi connectivity index (χ2v) is 21.9. The van der Waals surface area contributed by atoms with Crippen molar-refractivity contribution >= 4 is 32.3 Å². The van der Waals surface area contributed by atoms with E-state index in [0.717, 1.165) is 35.3 Å². The minimum Gasteiger partial charge on any atom is -0.497 e. The summed E-state index contributed by atoms with van der Waals surface area (Å²) in [6.07, 6.45) is 6.92. The van der Waals surface area contributed by atoms with Gasteiger partial charge in [0.25, 0.3) is 0 Å². The molecule has 12 heteroatoms. The zero-order valence-electron chi connectivity index (χ0n) is 36.6. The van der Waals surface area contributed by atoms with E-state index in [0.29, 0.717) is 43.4 Å². The Morgan fingerprint density at radius 1 is 0.983 bits per heavy atom. The molecular formula is C46H65NO10Si. The van der Waals surface area contributed by atoms with Crippen molar-refractivity contribution < 1.29 is 46.9 Å². The maximum atomic E-state index is 13.5. The van der Waals surface area contributed by atoms with Gasteiger partial charge in [0.15, 0.2) is 14.2 Å². The van der Waals surface area contributed by atoms with Crippen LogP contribution in [0.1, 0.15) is 120 Å². The van der Waals surface area contributed by atoms with E-state index in [4.69, 9.17) is 37.5 Å². The number of esters is 3. The van der Waals surface area contributed by atoms with Crippen LogP contribution in [0.15, 0.2) is 53.2 Å². The highest BCUT2D eigenvalue weighted by molar-refractivity contribution is 6.74. The number of hydrogen-bond acceptors (Lipinski definition) is 11. The largest absolute Gasteiger partial charge is 0.497 e. The van der Waals surface area contributed by atoms with Gasteiger partial charge in [0.05, 0.1) is 25.9 Å². The summed E-state index contributed by atoms with van der Waals surface area (Å²) in [5.74, 6) is 0.418. The highest BCUT2D eigenvalue weighted by Gasteiger charge is 2.42. The van der Waals surface area contributed by atoms with Crippen LogP contribution in [0.3, 0.4) is 0 Å². The van der Waals surface area contributed by atoms with Gasteiger partial charge in [-0.3, -0.25) is 9.59 Å². The van der Waals surface area contributed by atoms with Gasteiger partial charge in [0.2, 0.25) is 0 Å². The molecule has 1 aliphatic heterocycles. The Balaban J connectivity index is 1.50. The smallest absolute Gasteiger partial charge is 0.342 e. The molecule has 0 aliphatic carbocycles. The molecule has 2 heterocycles. The molecule has 318 valence electrons. The number of fused-ring (bicyclic) bond motifs is 1. The molecule has 0 N–H and O–H groups in total. The van der Waals surface area contributed by atoms with E-state index >= 15 is 0 Å².